The second-order valence-electron chi connectivity index (χ2n) is 7.54. The minimum Gasteiger partial charge on any atom is -0.341 e. The van der Waals surface area contributed by atoms with Gasteiger partial charge in [0, 0.05) is 39.3 Å². The van der Waals surface area contributed by atoms with Gasteiger partial charge in [0.2, 0.25) is 5.91 Å². The molecule has 0 aliphatic carbocycles. The van der Waals surface area contributed by atoms with Crippen molar-refractivity contribution in [1.82, 2.24) is 14.7 Å². The standard InChI is InChI=1S/C21H30N4O/c1-18(21(26)25-11-3-2-4-12-25)24-13-5-10-23(14-15-24)17-20-8-6-19(16-22)7-9-20/h6-9,18H,2-5,10-15,17H2,1H3. The fourth-order valence-corrected chi connectivity index (χ4v) is 4.01. The Balaban J connectivity index is 1.52. The van der Waals surface area contributed by atoms with Crippen molar-refractivity contribution in [2.45, 2.75) is 45.2 Å². The van der Waals surface area contributed by atoms with Gasteiger partial charge in [0.05, 0.1) is 17.7 Å². The van der Waals surface area contributed by atoms with Crippen LogP contribution in [0.25, 0.3) is 0 Å². The molecule has 0 N–H and O–H groups in total. The highest BCUT2D eigenvalue weighted by molar-refractivity contribution is 5.81. The molecule has 2 aliphatic heterocycles. The lowest BCUT2D eigenvalue weighted by Crippen LogP contribution is -2.49. The smallest absolute Gasteiger partial charge is 0.239 e. The summed E-state index contributed by atoms with van der Waals surface area (Å²) in [6.45, 7) is 8.82. The Morgan fingerprint density at radius 3 is 2.42 bits per heavy atom. The van der Waals surface area contributed by atoms with E-state index in [9.17, 15) is 4.79 Å². The van der Waals surface area contributed by atoms with Crippen molar-refractivity contribution in [2.75, 3.05) is 39.3 Å². The van der Waals surface area contributed by atoms with Crippen molar-refractivity contribution >= 4 is 5.91 Å². The maximum absolute atomic E-state index is 12.8. The maximum atomic E-state index is 12.8. The summed E-state index contributed by atoms with van der Waals surface area (Å²) in [5, 5.41) is 8.91. The Morgan fingerprint density at radius 1 is 1.00 bits per heavy atom. The Kier molecular flexibility index (Phi) is 6.65. The zero-order valence-corrected chi connectivity index (χ0v) is 15.9. The summed E-state index contributed by atoms with van der Waals surface area (Å²) in [6, 6.07) is 10.0. The third-order valence-corrected chi connectivity index (χ3v) is 5.69. The van der Waals surface area contributed by atoms with Crippen LogP contribution in [0, 0.1) is 11.3 Å². The van der Waals surface area contributed by atoms with E-state index >= 15 is 0 Å². The fraction of sp³-hybridized carbons (Fsp3) is 0.619. The van der Waals surface area contributed by atoms with Crippen LogP contribution in [0.4, 0.5) is 0 Å². The van der Waals surface area contributed by atoms with Crippen molar-refractivity contribution in [3.63, 3.8) is 0 Å². The van der Waals surface area contributed by atoms with Crippen molar-refractivity contribution in [3.05, 3.63) is 35.4 Å². The van der Waals surface area contributed by atoms with Gasteiger partial charge in [-0.1, -0.05) is 12.1 Å². The van der Waals surface area contributed by atoms with E-state index in [1.54, 1.807) is 0 Å². The zero-order valence-electron chi connectivity index (χ0n) is 15.9. The monoisotopic (exact) mass is 354 g/mol. The van der Waals surface area contributed by atoms with E-state index in [-0.39, 0.29) is 6.04 Å². The van der Waals surface area contributed by atoms with Crippen LogP contribution in [-0.4, -0.2) is 65.9 Å². The van der Waals surface area contributed by atoms with Gasteiger partial charge in [0.15, 0.2) is 0 Å². The molecule has 26 heavy (non-hydrogen) atoms. The molecule has 140 valence electrons. The molecule has 0 spiro atoms. The molecule has 2 fully saturated rings. The Morgan fingerprint density at radius 2 is 1.73 bits per heavy atom. The van der Waals surface area contributed by atoms with Crippen LogP contribution < -0.4 is 0 Å². The average molecular weight is 354 g/mol. The summed E-state index contributed by atoms with van der Waals surface area (Å²) in [4.78, 5) is 19.7. The molecule has 1 aromatic rings. The number of nitrogens with zero attached hydrogens (tertiary/aromatic N) is 4. The van der Waals surface area contributed by atoms with E-state index in [0.717, 1.165) is 65.1 Å². The molecular weight excluding hydrogens is 324 g/mol. The number of benzene rings is 1. The number of carbonyl (C=O) groups excluding carboxylic acids is 1. The van der Waals surface area contributed by atoms with E-state index in [4.69, 9.17) is 5.26 Å². The van der Waals surface area contributed by atoms with Gasteiger partial charge in [-0.05, 0) is 56.8 Å². The molecule has 0 radical (unpaired) electrons. The molecule has 1 aromatic carbocycles. The molecular formula is C21H30N4O. The van der Waals surface area contributed by atoms with Gasteiger partial charge in [-0.2, -0.15) is 5.26 Å². The largest absolute Gasteiger partial charge is 0.341 e. The van der Waals surface area contributed by atoms with E-state index in [1.165, 1.54) is 12.0 Å². The lowest BCUT2D eigenvalue weighted by atomic mass is 10.1. The quantitative estimate of drug-likeness (QED) is 0.833. The van der Waals surface area contributed by atoms with Gasteiger partial charge in [-0.3, -0.25) is 14.6 Å². The third kappa shape index (κ3) is 4.84. The van der Waals surface area contributed by atoms with Crippen molar-refractivity contribution < 1.29 is 4.79 Å². The Hall–Kier alpha value is -1.90. The molecule has 3 rings (SSSR count). The summed E-state index contributed by atoms with van der Waals surface area (Å²) >= 11 is 0. The van der Waals surface area contributed by atoms with Gasteiger partial charge < -0.3 is 4.90 Å². The number of hydrogen-bond donors (Lipinski definition) is 0. The first-order valence-electron chi connectivity index (χ1n) is 9.91. The van der Waals surface area contributed by atoms with Crippen LogP contribution >= 0.6 is 0 Å². The first-order chi connectivity index (χ1) is 12.7. The second-order valence-corrected chi connectivity index (χ2v) is 7.54. The molecule has 2 heterocycles. The summed E-state index contributed by atoms with van der Waals surface area (Å²) in [6.07, 6.45) is 4.65. The molecule has 1 amide bonds. The summed E-state index contributed by atoms with van der Waals surface area (Å²) in [7, 11) is 0. The number of nitriles is 1. The van der Waals surface area contributed by atoms with E-state index < -0.39 is 0 Å². The molecule has 1 atom stereocenters. The average Bonchev–Trinajstić information content (AvgIpc) is 2.94. The van der Waals surface area contributed by atoms with Crippen molar-refractivity contribution in [3.8, 4) is 6.07 Å². The third-order valence-electron chi connectivity index (χ3n) is 5.69. The minimum atomic E-state index is -0.0111. The van der Waals surface area contributed by atoms with Crippen LogP contribution in [0.15, 0.2) is 24.3 Å². The predicted octanol–water partition coefficient (Wildman–Crippen LogP) is 2.47. The summed E-state index contributed by atoms with van der Waals surface area (Å²) < 4.78 is 0. The molecule has 5 heteroatoms. The Labute approximate surface area is 157 Å². The summed E-state index contributed by atoms with van der Waals surface area (Å²) in [5.74, 6) is 0.310. The van der Waals surface area contributed by atoms with Gasteiger partial charge in [-0.25, -0.2) is 0 Å². The highest BCUT2D eigenvalue weighted by Gasteiger charge is 2.28. The van der Waals surface area contributed by atoms with Gasteiger partial charge in [0.1, 0.15) is 0 Å². The molecule has 0 aromatic heterocycles. The Bertz CT molecular complexity index is 630. The molecule has 0 saturated carbocycles. The minimum absolute atomic E-state index is 0.0111. The van der Waals surface area contributed by atoms with Crippen molar-refractivity contribution in [1.29, 1.82) is 5.26 Å². The SMILES string of the molecule is CC(C(=O)N1CCCCC1)N1CCCN(Cc2ccc(C#N)cc2)CC1. The normalized spacial score (nSPS) is 21.0. The van der Waals surface area contributed by atoms with Gasteiger partial charge >= 0.3 is 0 Å². The first kappa shape index (κ1) is 18.9. The number of carbonyl (C=O) groups is 1. The van der Waals surface area contributed by atoms with E-state index in [2.05, 4.69) is 27.7 Å². The van der Waals surface area contributed by atoms with Crippen LogP contribution in [0.1, 0.15) is 43.7 Å². The second kappa shape index (κ2) is 9.16. The van der Waals surface area contributed by atoms with E-state index in [0.29, 0.717) is 11.5 Å². The fourth-order valence-electron chi connectivity index (χ4n) is 4.01. The summed E-state index contributed by atoms with van der Waals surface area (Å²) in [5.41, 5.74) is 1.95. The maximum Gasteiger partial charge on any atom is 0.239 e. The highest BCUT2D eigenvalue weighted by atomic mass is 16.2. The molecule has 0 bridgehead atoms. The van der Waals surface area contributed by atoms with E-state index in [1.807, 2.05) is 24.3 Å². The van der Waals surface area contributed by atoms with Crippen LogP contribution in [0.5, 0.6) is 0 Å². The van der Waals surface area contributed by atoms with Gasteiger partial charge in [0.25, 0.3) is 0 Å². The van der Waals surface area contributed by atoms with Gasteiger partial charge in [-0.15, -0.1) is 0 Å². The molecule has 1 unspecified atom stereocenters. The molecule has 2 aliphatic rings. The number of rotatable bonds is 4. The predicted molar refractivity (Wildman–Crippen MR) is 103 cm³/mol. The molecule has 5 nitrogen and oxygen atoms in total. The van der Waals surface area contributed by atoms with Crippen molar-refractivity contribution in [2.24, 2.45) is 0 Å². The number of likely N-dealkylation sites (tertiary alicyclic amines) is 1. The van der Waals surface area contributed by atoms with Crippen LogP contribution in [0.3, 0.4) is 0 Å². The molecule has 2 saturated heterocycles. The van der Waals surface area contributed by atoms with Crippen LogP contribution in [0.2, 0.25) is 0 Å². The zero-order chi connectivity index (χ0) is 18.4. The first-order valence-corrected chi connectivity index (χ1v) is 9.91. The lowest BCUT2D eigenvalue weighted by Gasteiger charge is -2.34. The number of amides is 1. The lowest BCUT2D eigenvalue weighted by molar-refractivity contribution is -0.137. The number of piperidine rings is 1. The number of hydrogen-bond acceptors (Lipinski definition) is 4. The highest BCUT2D eigenvalue weighted by Crippen LogP contribution is 2.15. The van der Waals surface area contributed by atoms with Crippen LogP contribution in [-0.2, 0) is 11.3 Å². The topological polar surface area (TPSA) is 50.6 Å².